The monoisotopic (exact) mass is 980 g/mol. The summed E-state index contributed by atoms with van der Waals surface area (Å²) in [7, 11) is 8.79. The van der Waals surface area contributed by atoms with Crippen LogP contribution in [-0.2, 0) is 34.3 Å². The Morgan fingerprint density at radius 3 is 1.69 bits per heavy atom. The zero-order valence-corrected chi connectivity index (χ0v) is 43.0. The van der Waals surface area contributed by atoms with Crippen LogP contribution in [0, 0.1) is 5.41 Å². The third-order valence-electron chi connectivity index (χ3n) is 13.0. The Bertz CT molecular complexity index is 1810. The maximum Gasteiger partial charge on any atom is 0.306 e. The maximum absolute atomic E-state index is 13.5. The van der Waals surface area contributed by atoms with Crippen molar-refractivity contribution in [3.8, 4) is 17.2 Å². The van der Waals surface area contributed by atoms with Crippen molar-refractivity contribution < 1.29 is 48.0 Å². The maximum atomic E-state index is 13.5. The Kier molecular flexibility index (Phi) is 25.0. The first-order valence-electron chi connectivity index (χ1n) is 24.4. The van der Waals surface area contributed by atoms with E-state index in [1.54, 1.807) is 21.3 Å². The van der Waals surface area contributed by atoms with Crippen molar-refractivity contribution in [3.63, 3.8) is 0 Å². The van der Waals surface area contributed by atoms with E-state index in [0.717, 1.165) is 54.0 Å². The zero-order valence-electron chi connectivity index (χ0n) is 41.4. The fourth-order valence-corrected chi connectivity index (χ4v) is 11.5. The molecule has 0 spiro atoms. The van der Waals surface area contributed by atoms with Crippen LogP contribution in [0.3, 0.4) is 0 Å². The second-order valence-corrected chi connectivity index (χ2v) is 20.2. The minimum Gasteiger partial charge on any atom is -0.497 e. The first-order valence-corrected chi connectivity index (χ1v) is 26.8. The van der Waals surface area contributed by atoms with Gasteiger partial charge in [0.25, 0.3) is 0 Å². The van der Waals surface area contributed by atoms with E-state index in [2.05, 4.69) is 31.0 Å². The molecule has 2 amide bonds. The number of hydrogen-bond acceptors (Lipinski definition) is 12. The highest BCUT2D eigenvalue weighted by Gasteiger charge is 2.44. The molecule has 5 rings (SSSR count). The van der Waals surface area contributed by atoms with Gasteiger partial charge in [0.05, 0.1) is 47.4 Å². The highest BCUT2D eigenvalue weighted by molar-refractivity contribution is 8.77. The smallest absolute Gasteiger partial charge is 0.306 e. The van der Waals surface area contributed by atoms with Crippen LogP contribution >= 0.6 is 21.6 Å². The van der Waals surface area contributed by atoms with Gasteiger partial charge in [0.15, 0.2) is 0 Å². The number of carboxylic acid groups (broad SMARTS) is 1. The molecule has 2 fully saturated rings. The van der Waals surface area contributed by atoms with Crippen LogP contribution in [-0.4, -0.2) is 123 Å². The van der Waals surface area contributed by atoms with E-state index < -0.39 is 23.0 Å². The number of benzene rings is 3. The molecule has 0 aliphatic carbocycles. The molecular formula is C53H77N3O10S2. The van der Waals surface area contributed by atoms with E-state index in [1.165, 1.54) is 38.2 Å². The molecule has 2 aliphatic heterocycles. The van der Waals surface area contributed by atoms with Crippen LogP contribution in [0.15, 0.2) is 72.8 Å². The molecule has 15 heteroatoms. The van der Waals surface area contributed by atoms with Gasteiger partial charge in [0.2, 0.25) is 11.8 Å². The average Bonchev–Trinajstić information content (AvgIpc) is 3.90. The Balaban J connectivity index is 0.00000133. The number of carbonyl (C=O) groups excluding carboxylic acids is 3. The van der Waals surface area contributed by atoms with Crippen LogP contribution < -0.4 is 19.5 Å². The van der Waals surface area contributed by atoms with Gasteiger partial charge >= 0.3 is 11.9 Å². The number of carbonyl (C=O) groups is 4. The fourth-order valence-electron chi connectivity index (χ4n) is 8.51. The SMILES string of the molecule is CCN(CC)CC.COc1ccc(C(OCC2(COC(=O)CCC(=O)O)CCN(C(=O)CCCCCNC(=O)CCCC[C@@H]3CCSS3)CC2)(c2ccc(OC)cc2)c2ccc(OC)cc2)cc1. The number of carboxylic acids is 1. The Labute approximate surface area is 413 Å². The molecule has 2 heterocycles. The van der Waals surface area contributed by atoms with Crippen molar-refractivity contribution >= 4 is 45.3 Å². The predicted molar refractivity (Wildman–Crippen MR) is 273 cm³/mol. The van der Waals surface area contributed by atoms with Gasteiger partial charge in [-0.25, -0.2) is 0 Å². The molecule has 0 radical (unpaired) electrons. The van der Waals surface area contributed by atoms with E-state index >= 15 is 0 Å². The van der Waals surface area contributed by atoms with E-state index in [-0.39, 0.29) is 37.9 Å². The van der Waals surface area contributed by atoms with E-state index in [1.807, 2.05) is 99.3 Å². The van der Waals surface area contributed by atoms with Gasteiger partial charge in [-0.05, 0) is 118 Å². The number of hydrogen-bond donors (Lipinski definition) is 2. The highest BCUT2D eigenvalue weighted by atomic mass is 33.1. The van der Waals surface area contributed by atoms with Crippen molar-refractivity contribution in [2.45, 2.75) is 115 Å². The van der Waals surface area contributed by atoms with Gasteiger partial charge < -0.3 is 43.9 Å². The molecule has 1 atom stereocenters. The third kappa shape index (κ3) is 17.8. The number of methoxy groups -OCH3 is 3. The number of piperidine rings is 1. The number of aliphatic carboxylic acids is 1. The Morgan fingerprint density at radius 1 is 0.706 bits per heavy atom. The van der Waals surface area contributed by atoms with E-state index in [9.17, 15) is 24.3 Å². The van der Waals surface area contributed by atoms with Crippen molar-refractivity contribution in [2.75, 3.05) is 79.6 Å². The topological polar surface area (TPSA) is 153 Å². The first kappa shape index (κ1) is 56.2. The van der Waals surface area contributed by atoms with Gasteiger partial charge in [-0.15, -0.1) is 0 Å². The fraction of sp³-hybridized carbons (Fsp3) is 0.585. The Hall–Kier alpha value is -4.44. The predicted octanol–water partition coefficient (Wildman–Crippen LogP) is 9.78. The lowest BCUT2D eigenvalue weighted by molar-refractivity contribution is -0.157. The number of esters is 1. The van der Waals surface area contributed by atoms with Crippen LogP contribution in [0.5, 0.6) is 17.2 Å². The van der Waals surface area contributed by atoms with Crippen LogP contribution in [0.25, 0.3) is 0 Å². The van der Waals surface area contributed by atoms with Crippen molar-refractivity contribution in [2.24, 2.45) is 5.41 Å². The number of rotatable bonds is 28. The first-order chi connectivity index (χ1) is 32.9. The van der Waals surface area contributed by atoms with E-state index in [0.29, 0.717) is 62.6 Å². The molecule has 3 aromatic carbocycles. The number of nitrogens with zero attached hydrogens (tertiary/aromatic N) is 2. The summed E-state index contributed by atoms with van der Waals surface area (Å²) < 4.78 is 29.6. The summed E-state index contributed by atoms with van der Waals surface area (Å²) in [5.41, 5.74) is 0.636. The lowest BCUT2D eigenvalue weighted by atomic mass is 9.77. The van der Waals surface area contributed by atoms with Gasteiger partial charge in [0.1, 0.15) is 22.8 Å². The molecule has 2 saturated heterocycles. The zero-order chi connectivity index (χ0) is 49.2. The second kappa shape index (κ2) is 30.2. The number of ether oxygens (including phenoxy) is 5. The highest BCUT2D eigenvalue weighted by Crippen LogP contribution is 2.45. The van der Waals surface area contributed by atoms with Crippen molar-refractivity contribution in [1.29, 1.82) is 0 Å². The summed E-state index contributed by atoms with van der Waals surface area (Å²) in [6, 6.07) is 23.2. The molecule has 376 valence electrons. The molecule has 2 N–H and O–H groups in total. The van der Waals surface area contributed by atoms with E-state index in [4.69, 9.17) is 23.7 Å². The summed E-state index contributed by atoms with van der Waals surface area (Å²) in [5.74, 6) is 1.79. The minimum atomic E-state index is -1.16. The molecule has 0 aromatic heterocycles. The third-order valence-corrected chi connectivity index (χ3v) is 16.0. The van der Waals surface area contributed by atoms with Crippen LogP contribution in [0.4, 0.5) is 0 Å². The molecular weight excluding hydrogens is 903 g/mol. The normalized spacial score (nSPS) is 15.5. The molecule has 2 aliphatic rings. The van der Waals surface area contributed by atoms with Gasteiger partial charge in [0, 0.05) is 48.9 Å². The molecule has 0 saturated carbocycles. The molecule has 13 nitrogen and oxygen atoms in total. The second-order valence-electron chi connectivity index (χ2n) is 17.4. The lowest BCUT2D eigenvalue weighted by Crippen LogP contribution is -2.49. The number of nitrogens with one attached hydrogen (secondary N) is 1. The quantitative estimate of drug-likeness (QED) is 0.0308. The largest absolute Gasteiger partial charge is 0.497 e. The number of amides is 2. The summed E-state index contributed by atoms with van der Waals surface area (Å²) >= 11 is 0. The van der Waals surface area contributed by atoms with Gasteiger partial charge in [-0.3, -0.25) is 19.2 Å². The van der Waals surface area contributed by atoms with Crippen molar-refractivity contribution in [1.82, 2.24) is 15.1 Å². The van der Waals surface area contributed by atoms with Crippen molar-refractivity contribution in [3.05, 3.63) is 89.5 Å². The summed E-state index contributed by atoms with van der Waals surface area (Å²) in [6.07, 6.45) is 8.27. The lowest BCUT2D eigenvalue weighted by Gasteiger charge is -2.44. The van der Waals surface area contributed by atoms with Gasteiger partial charge in [-0.2, -0.15) is 0 Å². The summed E-state index contributed by atoms with van der Waals surface area (Å²) in [6.45, 7) is 11.8. The van der Waals surface area contributed by atoms with Gasteiger partial charge in [-0.1, -0.05) is 91.6 Å². The summed E-state index contributed by atoms with van der Waals surface area (Å²) in [4.78, 5) is 54.1. The van der Waals surface area contributed by atoms with Crippen LogP contribution in [0.1, 0.15) is 121 Å². The molecule has 0 unspecified atom stereocenters. The summed E-state index contributed by atoms with van der Waals surface area (Å²) in [5, 5.41) is 13.0. The minimum absolute atomic E-state index is 0.00185. The standard InChI is InChI=1S/C47H62N2O10S2.C6H15N/c1-55-38-18-12-35(13-19-38)47(36-14-20-39(56-2)21-15-36,37-16-22-40(57-3)23-17-37)59-34-46(33-58-45(54)25-24-44(52)53)27-30-49(31-28-46)43(51)11-5-4-8-29-48-42(50)10-7-6-9-41-26-32-60-61-41;1-4-7(5-2)6-3/h12-23,41H,4-11,24-34H2,1-3H3,(H,48,50)(H,52,53);4-6H2,1-3H3/t41-;/m1./s1. The number of likely N-dealkylation sites (tertiary alicyclic amines) is 1. The Morgan fingerprint density at radius 2 is 1.24 bits per heavy atom. The molecule has 3 aromatic rings. The average molecular weight is 980 g/mol. The van der Waals surface area contributed by atoms with Crippen LogP contribution in [0.2, 0.25) is 0 Å². The molecule has 68 heavy (non-hydrogen) atoms. The number of unbranched alkanes of at least 4 members (excludes halogenated alkanes) is 3. The molecule has 0 bridgehead atoms.